The van der Waals surface area contributed by atoms with E-state index in [1.54, 1.807) is 27.7 Å². The number of rotatable bonds is 4. The van der Waals surface area contributed by atoms with Crippen LogP contribution in [0.5, 0.6) is 0 Å². The number of esters is 1. The number of likely N-dealkylation sites (N-methyl/N-ethyl adjacent to an activating group) is 2. The molecule has 2 aliphatic rings. The molecular weight excluding hydrogens is 532 g/mol. The lowest BCUT2D eigenvalue weighted by Crippen LogP contribution is -2.59. The van der Waals surface area contributed by atoms with Crippen molar-refractivity contribution in [3.8, 4) is 0 Å². The number of nitrogens with zero attached hydrogens (tertiary/aromatic N) is 2. The van der Waals surface area contributed by atoms with Gasteiger partial charge in [-0.15, -0.1) is 0 Å². The number of ether oxygens (including phenoxy) is 3. The summed E-state index contributed by atoms with van der Waals surface area (Å²) in [5.74, 6) is -2.65. The van der Waals surface area contributed by atoms with Crippen LogP contribution in [0.1, 0.15) is 74.7 Å². The van der Waals surface area contributed by atoms with Gasteiger partial charge in [-0.05, 0) is 80.9 Å². The fraction of sp³-hybridized carbons (Fsp3) is 0.967. The quantitative estimate of drug-likeness (QED) is 0.298. The van der Waals surface area contributed by atoms with Gasteiger partial charge in [-0.2, -0.15) is 0 Å². The first-order chi connectivity index (χ1) is 18.8. The van der Waals surface area contributed by atoms with Crippen molar-refractivity contribution in [2.45, 2.75) is 141 Å². The van der Waals surface area contributed by atoms with E-state index in [0.29, 0.717) is 13.0 Å². The third kappa shape index (κ3) is 8.39. The predicted molar refractivity (Wildman–Crippen MR) is 155 cm³/mol. The van der Waals surface area contributed by atoms with Crippen molar-refractivity contribution in [2.75, 3.05) is 27.7 Å². The van der Waals surface area contributed by atoms with Gasteiger partial charge in [-0.1, -0.05) is 20.8 Å². The Morgan fingerprint density at radius 2 is 1.63 bits per heavy atom. The van der Waals surface area contributed by atoms with Crippen LogP contribution in [0.15, 0.2) is 0 Å². The molecule has 11 heteroatoms. The number of hydrogen-bond acceptors (Lipinski definition) is 11. The maximum atomic E-state index is 13.3. The van der Waals surface area contributed by atoms with Crippen molar-refractivity contribution in [3.63, 3.8) is 0 Å². The number of carbonyl (C=O) groups excluding carboxylic acids is 1. The zero-order chi connectivity index (χ0) is 31.6. The normalized spacial score (nSPS) is 48.4. The Balaban J connectivity index is 2.52. The lowest BCUT2D eigenvalue weighted by Gasteiger charge is -2.46. The average molecular weight is 591 g/mol. The first-order valence-electron chi connectivity index (χ1n) is 15.1. The summed E-state index contributed by atoms with van der Waals surface area (Å²) >= 11 is 0. The van der Waals surface area contributed by atoms with Crippen LogP contribution in [0.2, 0.25) is 0 Å². The second-order valence-electron chi connectivity index (χ2n) is 13.6. The Bertz CT molecular complexity index is 841. The molecule has 41 heavy (non-hydrogen) atoms. The summed E-state index contributed by atoms with van der Waals surface area (Å²) in [5.41, 5.74) is -3.25. The molecule has 0 radical (unpaired) electrons. The summed E-state index contributed by atoms with van der Waals surface area (Å²) in [4.78, 5) is 17.1. The molecule has 0 spiro atoms. The highest BCUT2D eigenvalue weighted by molar-refractivity contribution is 5.73. The van der Waals surface area contributed by atoms with E-state index in [1.165, 1.54) is 13.8 Å². The van der Waals surface area contributed by atoms with Gasteiger partial charge in [0.05, 0.1) is 29.8 Å². The second kappa shape index (κ2) is 14.3. The summed E-state index contributed by atoms with van der Waals surface area (Å²) < 4.78 is 18.1. The summed E-state index contributed by atoms with van der Waals surface area (Å²) in [5, 5.41) is 57.0. The molecule has 0 aromatic carbocycles. The van der Waals surface area contributed by atoms with E-state index in [0.717, 1.165) is 0 Å². The van der Waals surface area contributed by atoms with Crippen LogP contribution in [-0.4, -0.2) is 135 Å². The Kier molecular flexibility index (Phi) is 12.6. The molecule has 0 bridgehead atoms. The average Bonchev–Trinajstić information content (AvgIpc) is 2.87. The van der Waals surface area contributed by atoms with Crippen molar-refractivity contribution in [2.24, 2.45) is 17.8 Å². The van der Waals surface area contributed by atoms with E-state index in [9.17, 15) is 30.3 Å². The number of aliphatic hydroxyl groups excluding tert-OH is 3. The Labute approximate surface area is 246 Å². The Hall–Kier alpha value is -0.890. The molecule has 2 saturated heterocycles. The van der Waals surface area contributed by atoms with Crippen molar-refractivity contribution in [3.05, 3.63) is 0 Å². The van der Waals surface area contributed by atoms with E-state index in [4.69, 9.17) is 14.2 Å². The number of aliphatic hydroxyl groups is 5. The van der Waals surface area contributed by atoms with Gasteiger partial charge in [0.25, 0.3) is 0 Å². The molecule has 2 aliphatic heterocycles. The molecule has 0 saturated carbocycles. The van der Waals surface area contributed by atoms with E-state index in [2.05, 4.69) is 0 Å². The van der Waals surface area contributed by atoms with Gasteiger partial charge >= 0.3 is 5.97 Å². The molecule has 11 nitrogen and oxygen atoms in total. The van der Waals surface area contributed by atoms with Gasteiger partial charge in [0, 0.05) is 24.5 Å². The van der Waals surface area contributed by atoms with Crippen molar-refractivity contribution in [1.82, 2.24) is 9.80 Å². The second-order valence-corrected chi connectivity index (χ2v) is 13.6. The monoisotopic (exact) mass is 590 g/mol. The molecule has 0 amide bonds. The molecule has 0 aromatic heterocycles. The maximum absolute atomic E-state index is 13.3. The summed E-state index contributed by atoms with van der Waals surface area (Å²) in [6, 6.07) is -0.733. The highest BCUT2D eigenvalue weighted by atomic mass is 16.7. The predicted octanol–water partition coefficient (Wildman–Crippen LogP) is 0.976. The SMILES string of the molecule is CC[C@@H]1OC(=O)[C@H](C)[C@@H](O)[C@H](C)[C@@H](O[C@@H]2O[C@H](C)C[C@H](N(C)C)[C@H]2O)[C@@](C)(O)C[C@@H](C)CN(C)[C@@H](C)[C@H](O)[C@]1(C)O. The van der Waals surface area contributed by atoms with Gasteiger partial charge in [0.1, 0.15) is 23.9 Å². The van der Waals surface area contributed by atoms with Crippen LogP contribution in [0.3, 0.4) is 0 Å². The molecule has 0 aromatic rings. The lowest BCUT2D eigenvalue weighted by atomic mass is 9.78. The van der Waals surface area contributed by atoms with E-state index >= 15 is 0 Å². The first-order valence-corrected chi connectivity index (χ1v) is 15.1. The van der Waals surface area contributed by atoms with Gasteiger partial charge < -0.3 is 49.5 Å². The molecule has 2 heterocycles. The first kappa shape index (κ1) is 36.3. The Morgan fingerprint density at radius 1 is 1.05 bits per heavy atom. The Morgan fingerprint density at radius 3 is 2.17 bits per heavy atom. The summed E-state index contributed by atoms with van der Waals surface area (Å²) in [7, 11) is 5.58. The van der Waals surface area contributed by atoms with Crippen LogP contribution in [0.4, 0.5) is 0 Å². The zero-order valence-corrected chi connectivity index (χ0v) is 27.0. The third-order valence-corrected chi connectivity index (χ3v) is 9.46. The molecule has 0 aliphatic carbocycles. The maximum Gasteiger partial charge on any atom is 0.311 e. The van der Waals surface area contributed by atoms with Gasteiger partial charge in [-0.25, -0.2) is 0 Å². The zero-order valence-electron chi connectivity index (χ0n) is 27.0. The topological polar surface area (TPSA) is 152 Å². The number of hydrogen-bond donors (Lipinski definition) is 5. The smallest absolute Gasteiger partial charge is 0.311 e. The number of carbonyl (C=O) groups is 1. The van der Waals surface area contributed by atoms with Crippen LogP contribution < -0.4 is 0 Å². The summed E-state index contributed by atoms with van der Waals surface area (Å²) in [6.07, 6.45) is -5.74. The van der Waals surface area contributed by atoms with E-state index in [1.807, 2.05) is 44.8 Å². The van der Waals surface area contributed by atoms with Crippen LogP contribution in [-0.2, 0) is 19.0 Å². The third-order valence-electron chi connectivity index (χ3n) is 9.46. The highest BCUT2D eigenvalue weighted by Gasteiger charge is 2.49. The molecule has 2 fully saturated rings. The molecule has 242 valence electrons. The van der Waals surface area contributed by atoms with Gasteiger partial charge in [0.2, 0.25) is 0 Å². The fourth-order valence-corrected chi connectivity index (χ4v) is 6.74. The molecule has 5 N–H and O–H groups in total. The summed E-state index contributed by atoms with van der Waals surface area (Å²) in [6.45, 7) is 14.2. The van der Waals surface area contributed by atoms with Crippen LogP contribution >= 0.6 is 0 Å². The minimum absolute atomic E-state index is 0.0990. The standard InChI is InChI=1S/C30H58N2O9/c1-12-22-30(8,38)25(35)20(6)32(11)15-16(2)14-29(7,37)26(18(4)23(33)19(5)27(36)40-22)41-28-24(34)21(31(9)10)13-17(3)39-28/h16-26,28,33-35,37-38H,12-15H2,1-11H3/t16-,17-,18+,19-,20+,21+,22+,23+,24-,25+,26-,28+,29+,30-/m1/s1. The minimum Gasteiger partial charge on any atom is -0.459 e. The lowest BCUT2D eigenvalue weighted by molar-refractivity contribution is -0.299. The minimum atomic E-state index is -1.75. The van der Waals surface area contributed by atoms with Gasteiger partial charge in [0.15, 0.2) is 6.29 Å². The van der Waals surface area contributed by atoms with E-state index < -0.39 is 71.9 Å². The molecular formula is C30H58N2O9. The van der Waals surface area contributed by atoms with Crippen molar-refractivity contribution >= 4 is 5.97 Å². The highest BCUT2D eigenvalue weighted by Crippen LogP contribution is 2.36. The molecule has 2 rings (SSSR count). The molecule has 0 unspecified atom stereocenters. The van der Waals surface area contributed by atoms with Crippen LogP contribution in [0, 0.1) is 17.8 Å². The molecule has 14 atom stereocenters. The van der Waals surface area contributed by atoms with Crippen molar-refractivity contribution < 1.29 is 44.5 Å². The largest absolute Gasteiger partial charge is 0.459 e. The van der Waals surface area contributed by atoms with E-state index in [-0.39, 0.29) is 30.9 Å². The van der Waals surface area contributed by atoms with Crippen molar-refractivity contribution in [1.29, 1.82) is 0 Å². The van der Waals surface area contributed by atoms with Gasteiger partial charge in [-0.3, -0.25) is 4.79 Å². The fourth-order valence-electron chi connectivity index (χ4n) is 6.74. The van der Waals surface area contributed by atoms with Crippen LogP contribution in [0.25, 0.3) is 0 Å². The number of cyclic esters (lactones) is 1.